The van der Waals surface area contributed by atoms with Crippen LogP contribution in [0.15, 0.2) is 18.2 Å². The zero-order chi connectivity index (χ0) is 18.3. The van der Waals surface area contributed by atoms with Crippen LogP contribution in [0.4, 0.5) is 5.69 Å². The number of carbonyl (C=O) groups is 1. The highest BCUT2D eigenvalue weighted by atomic mass is 35.5. The van der Waals surface area contributed by atoms with Crippen LogP contribution in [0.5, 0.6) is 5.75 Å². The first-order valence-electron chi connectivity index (χ1n) is 7.28. The number of rotatable bonds is 3. The van der Waals surface area contributed by atoms with E-state index in [1.165, 1.54) is 18.2 Å². The number of amides is 1. The number of halogens is 1. The number of hydroxylamine groups is 1. The van der Waals surface area contributed by atoms with Crippen LogP contribution in [0.25, 0.3) is 0 Å². The second-order valence-electron chi connectivity index (χ2n) is 5.55. The molecule has 1 aromatic carbocycles. The van der Waals surface area contributed by atoms with Crippen LogP contribution >= 0.6 is 11.6 Å². The van der Waals surface area contributed by atoms with Crippen LogP contribution in [0.3, 0.4) is 0 Å². The highest BCUT2D eigenvalue weighted by Gasteiger charge is 2.47. The first-order chi connectivity index (χ1) is 11.8. The maximum absolute atomic E-state index is 12.1. The van der Waals surface area contributed by atoms with E-state index in [0.29, 0.717) is 5.06 Å². The Kier molecular flexibility index (Phi) is 5.14. The zero-order valence-electron chi connectivity index (χ0n) is 12.6. The summed E-state index contributed by atoms with van der Waals surface area (Å²) in [5.41, 5.74) is 0.0445. The summed E-state index contributed by atoms with van der Waals surface area (Å²) in [7, 11) is 0. The van der Waals surface area contributed by atoms with E-state index in [0.717, 1.165) is 0 Å². The number of hydrogen-bond acceptors (Lipinski definition) is 9. The summed E-state index contributed by atoms with van der Waals surface area (Å²) in [6.07, 6.45) is -9.49. The minimum atomic E-state index is -1.72. The number of anilines is 1. The van der Waals surface area contributed by atoms with Crippen molar-refractivity contribution in [2.75, 3.05) is 11.7 Å². The van der Waals surface area contributed by atoms with Crippen LogP contribution in [0.1, 0.15) is 0 Å². The molecule has 0 bridgehead atoms. The molecule has 25 heavy (non-hydrogen) atoms. The Bertz CT molecular complexity index is 657. The topological polar surface area (TPSA) is 149 Å². The third-order valence-electron chi connectivity index (χ3n) is 3.90. The number of nitrogens with zero attached hydrogens (tertiary/aromatic N) is 1. The van der Waals surface area contributed by atoms with Crippen molar-refractivity contribution < 1.29 is 44.6 Å². The zero-order valence-corrected chi connectivity index (χ0v) is 13.4. The van der Waals surface area contributed by atoms with E-state index >= 15 is 0 Å². The summed E-state index contributed by atoms with van der Waals surface area (Å²) < 4.78 is 15.7. The molecule has 138 valence electrons. The largest absolute Gasteiger partial charge is 0.453 e. The van der Waals surface area contributed by atoms with E-state index < -0.39 is 49.5 Å². The Hall–Kier alpha value is -1.50. The van der Waals surface area contributed by atoms with E-state index in [9.17, 15) is 25.3 Å². The summed E-state index contributed by atoms with van der Waals surface area (Å²) in [6, 6.07) is 4.15. The monoisotopic (exact) mass is 377 g/mol. The van der Waals surface area contributed by atoms with E-state index in [2.05, 4.69) is 0 Å². The fraction of sp³-hybridized carbons (Fsp3) is 0.500. The second-order valence-corrected chi connectivity index (χ2v) is 5.98. The van der Waals surface area contributed by atoms with Crippen LogP contribution in [0, 0.1) is 0 Å². The molecule has 1 amide bonds. The molecule has 3 rings (SSSR count). The molecule has 2 aliphatic rings. The first kappa shape index (κ1) is 18.3. The molecule has 6 atom stereocenters. The Balaban J connectivity index is 1.79. The summed E-state index contributed by atoms with van der Waals surface area (Å²) in [5.74, 6) is -0.962. The average Bonchev–Trinajstić information content (AvgIpc) is 2.59. The van der Waals surface area contributed by atoms with E-state index in [1.807, 2.05) is 0 Å². The van der Waals surface area contributed by atoms with Gasteiger partial charge in [-0.2, -0.15) is 5.06 Å². The Morgan fingerprint density at radius 1 is 1.20 bits per heavy atom. The standard InChI is InChI=1S/C14H16ClNO9/c15-5-1-2-6-7(3-5)23-14(12(21)16(6)22)25-13-11(20)10(19)9(18)8(4-17)24-13/h1-3,8-11,13-14,17-20,22H,4H2/t8-,9-,10+,11-,13+,14-/m1/s1. The number of aliphatic hydroxyl groups is 4. The molecule has 0 unspecified atom stereocenters. The van der Waals surface area contributed by atoms with Crippen LogP contribution in [-0.2, 0) is 14.3 Å². The molecule has 0 spiro atoms. The van der Waals surface area contributed by atoms with Gasteiger partial charge in [-0.05, 0) is 12.1 Å². The first-order valence-corrected chi connectivity index (χ1v) is 7.66. The molecule has 1 aromatic rings. The smallest absolute Gasteiger partial charge is 0.320 e. The lowest BCUT2D eigenvalue weighted by molar-refractivity contribution is -0.323. The van der Waals surface area contributed by atoms with Crippen molar-refractivity contribution >= 4 is 23.2 Å². The van der Waals surface area contributed by atoms with Gasteiger partial charge in [-0.1, -0.05) is 11.6 Å². The molecule has 5 N–H and O–H groups in total. The van der Waals surface area contributed by atoms with Gasteiger partial charge in [-0.25, -0.2) is 0 Å². The molecule has 1 saturated heterocycles. The molecule has 2 aliphatic heterocycles. The third-order valence-corrected chi connectivity index (χ3v) is 4.14. The highest BCUT2D eigenvalue weighted by Crippen LogP contribution is 2.36. The van der Waals surface area contributed by atoms with Crippen LogP contribution in [0.2, 0.25) is 5.02 Å². The van der Waals surface area contributed by atoms with Gasteiger partial charge in [-0.15, -0.1) is 0 Å². The van der Waals surface area contributed by atoms with Gasteiger partial charge in [0, 0.05) is 11.1 Å². The summed E-state index contributed by atoms with van der Waals surface area (Å²) in [5, 5.41) is 49.1. The van der Waals surface area contributed by atoms with Gasteiger partial charge >= 0.3 is 5.91 Å². The second kappa shape index (κ2) is 7.02. The van der Waals surface area contributed by atoms with Gasteiger partial charge in [0.25, 0.3) is 6.29 Å². The molecule has 1 fully saturated rings. The molecule has 10 nitrogen and oxygen atoms in total. The van der Waals surface area contributed by atoms with Crippen molar-refractivity contribution in [3.8, 4) is 5.75 Å². The quantitative estimate of drug-likeness (QED) is 0.401. The van der Waals surface area contributed by atoms with Gasteiger partial charge in [0.2, 0.25) is 0 Å². The number of aliphatic hydroxyl groups excluding tert-OH is 4. The highest BCUT2D eigenvalue weighted by molar-refractivity contribution is 6.30. The third kappa shape index (κ3) is 3.30. The van der Waals surface area contributed by atoms with Crippen molar-refractivity contribution in [2.24, 2.45) is 0 Å². The molecule has 0 aliphatic carbocycles. The summed E-state index contributed by atoms with van der Waals surface area (Å²) >= 11 is 5.84. The van der Waals surface area contributed by atoms with Crippen molar-refractivity contribution in [2.45, 2.75) is 37.0 Å². The average molecular weight is 378 g/mol. The van der Waals surface area contributed by atoms with Crippen LogP contribution < -0.4 is 9.80 Å². The van der Waals surface area contributed by atoms with E-state index in [4.69, 9.17) is 30.9 Å². The molecule has 0 radical (unpaired) electrons. The minimum absolute atomic E-state index is 0.0445. The van der Waals surface area contributed by atoms with Crippen molar-refractivity contribution in [3.63, 3.8) is 0 Å². The van der Waals surface area contributed by atoms with E-state index in [1.54, 1.807) is 0 Å². The minimum Gasteiger partial charge on any atom is -0.453 e. The Labute approximate surface area is 146 Å². The normalized spacial score (nSPS) is 35.3. The Morgan fingerprint density at radius 3 is 2.60 bits per heavy atom. The molecule has 11 heteroatoms. The SMILES string of the molecule is O=C1[C@@H](O[C@@H]2O[C@H](CO)[C@@H](O)[C@H](O)[C@H]2O)Oc2cc(Cl)ccc2N1O. The number of hydrogen-bond donors (Lipinski definition) is 5. The number of benzene rings is 1. The predicted octanol–water partition coefficient (Wildman–Crippen LogP) is -1.40. The van der Waals surface area contributed by atoms with Crippen molar-refractivity contribution in [1.82, 2.24) is 0 Å². The lowest BCUT2D eigenvalue weighted by Gasteiger charge is -2.41. The Morgan fingerprint density at radius 2 is 1.92 bits per heavy atom. The van der Waals surface area contributed by atoms with Gasteiger partial charge in [0.05, 0.1) is 6.61 Å². The number of fused-ring (bicyclic) bond motifs is 1. The fourth-order valence-electron chi connectivity index (χ4n) is 2.53. The number of ether oxygens (including phenoxy) is 3. The van der Waals surface area contributed by atoms with Crippen molar-refractivity contribution in [3.05, 3.63) is 23.2 Å². The van der Waals surface area contributed by atoms with Gasteiger partial charge in [-0.3, -0.25) is 10.0 Å². The fourth-order valence-corrected chi connectivity index (χ4v) is 2.69. The molecule has 0 saturated carbocycles. The lowest BCUT2D eigenvalue weighted by atomic mass is 9.99. The van der Waals surface area contributed by atoms with Gasteiger partial charge < -0.3 is 34.6 Å². The number of carbonyl (C=O) groups excluding carboxylic acids is 1. The maximum Gasteiger partial charge on any atom is 0.320 e. The maximum atomic E-state index is 12.1. The summed E-state index contributed by atoms with van der Waals surface area (Å²) in [6.45, 7) is -0.658. The van der Waals surface area contributed by atoms with Gasteiger partial charge in [0.1, 0.15) is 30.1 Å². The van der Waals surface area contributed by atoms with Crippen molar-refractivity contribution in [1.29, 1.82) is 0 Å². The summed E-state index contributed by atoms with van der Waals surface area (Å²) in [4.78, 5) is 12.1. The molecule has 0 aromatic heterocycles. The molecule has 2 heterocycles. The molecular weight excluding hydrogens is 362 g/mol. The van der Waals surface area contributed by atoms with Gasteiger partial charge in [0.15, 0.2) is 12.0 Å². The predicted molar refractivity (Wildman–Crippen MR) is 80.0 cm³/mol. The molecular formula is C14H16ClNO9. The lowest BCUT2D eigenvalue weighted by Crippen LogP contribution is -2.61. The van der Waals surface area contributed by atoms with E-state index in [-0.39, 0.29) is 16.5 Å². The van der Waals surface area contributed by atoms with Crippen LogP contribution in [-0.4, -0.2) is 75.1 Å².